The van der Waals surface area contributed by atoms with E-state index in [9.17, 15) is 27.9 Å². The minimum Gasteiger partial charge on any atom is -0.806 e. The number of hydrogen-bond acceptors (Lipinski definition) is 4. The Hall–Kier alpha value is -1.74. The van der Waals surface area contributed by atoms with Crippen molar-refractivity contribution >= 4 is 35.4 Å². The molecular weight excluding hydrogens is 801 g/mol. The number of Topliss-reactive ketones (excluding diaryl/α,β-unsaturated/α-hetero) is 1. The van der Waals surface area contributed by atoms with Crippen molar-refractivity contribution in [3.05, 3.63) is 148 Å². The second-order valence-electron chi connectivity index (χ2n) is 9.19. The monoisotopic (exact) mass is 822 g/mol. The Morgan fingerprint density at radius 2 is 1.37 bits per heavy atom. The van der Waals surface area contributed by atoms with Crippen molar-refractivity contribution in [3.8, 4) is 0 Å². The number of allylic oxidation sites excluding steroid dienone is 1. The molecule has 4 aromatic carbocycles. The number of alkyl halides is 2. The molecule has 0 radical (unpaired) electrons. The third-order valence-electron chi connectivity index (χ3n) is 6.58. The summed E-state index contributed by atoms with van der Waals surface area (Å²) in [5.74, 6) is -0.152. The maximum Gasteiger partial charge on any atom is 1.00 e. The van der Waals surface area contributed by atoms with Crippen LogP contribution in [0.3, 0.4) is 0 Å². The molecular formula is C31H24Ag2BrF2O4P. The summed E-state index contributed by atoms with van der Waals surface area (Å²) in [5, 5.41) is 0. The number of carbonyl (C=O) groups is 1. The van der Waals surface area contributed by atoms with E-state index in [1.807, 2.05) is 78.9 Å². The second-order valence-corrected chi connectivity index (χ2v) is 11.6. The van der Waals surface area contributed by atoms with Gasteiger partial charge in [-0.05, 0) is 35.6 Å². The fraction of sp³-hybridized carbons (Fsp3) is 0.129. The van der Waals surface area contributed by atoms with E-state index < -0.39 is 24.2 Å². The van der Waals surface area contributed by atoms with Gasteiger partial charge in [-0.2, -0.15) is 8.78 Å². The molecule has 0 saturated heterocycles. The second kappa shape index (κ2) is 15.1. The summed E-state index contributed by atoms with van der Waals surface area (Å²) >= 11 is 3.03. The Balaban J connectivity index is 0.00000294. The van der Waals surface area contributed by atoms with Crippen LogP contribution in [0.1, 0.15) is 39.0 Å². The first-order valence-corrected chi connectivity index (χ1v) is 14.4. The number of hydrogen-bond donors (Lipinski definition) is 0. The van der Waals surface area contributed by atoms with Crippen LogP contribution in [0.2, 0.25) is 0 Å². The smallest absolute Gasteiger partial charge is 0.806 e. The summed E-state index contributed by atoms with van der Waals surface area (Å²) in [6.45, 7) is 0. The Labute approximate surface area is 277 Å². The number of halogens is 3. The molecule has 0 saturated carbocycles. The Morgan fingerprint density at radius 3 is 1.90 bits per heavy atom. The maximum atomic E-state index is 14.4. The van der Waals surface area contributed by atoms with Gasteiger partial charge in [0.25, 0.3) is 5.66 Å². The first kappa shape index (κ1) is 35.5. The molecule has 0 spiro atoms. The van der Waals surface area contributed by atoms with Gasteiger partial charge in [0.15, 0.2) is 5.78 Å². The van der Waals surface area contributed by atoms with Crippen LogP contribution < -0.4 is 9.79 Å². The van der Waals surface area contributed by atoms with Crippen LogP contribution in [-0.2, 0) is 66.8 Å². The van der Waals surface area contributed by atoms with Crippen LogP contribution in [0.15, 0.2) is 120 Å². The van der Waals surface area contributed by atoms with Crippen molar-refractivity contribution in [1.29, 1.82) is 0 Å². The minimum atomic E-state index is -6.25. The summed E-state index contributed by atoms with van der Waals surface area (Å²) in [5.41, 5.74) is -3.94. The van der Waals surface area contributed by atoms with Crippen molar-refractivity contribution in [3.63, 3.8) is 0 Å². The largest absolute Gasteiger partial charge is 1.00 e. The Bertz CT molecular complexity index is 1520. The van der Waals surface area contributed by atoms with Crippen LogP contribution in [-0.4, -0.2) is 5.78 Å². The number of rotatable bonds is 10. The number of ketones is 1. The SMILES string of the molecule is O=C(c1ccccc1)C(C/C=C/c1ccccc1)(Cc1ccc(C(F)(F)P(=O)([O-])[O-])c(Br)c1)c1ccccc1.[Ag+].[Ag+]. The molecule has 0 bridgehead atoms. The summed E-state index contributed by atoms with van der Waals surface area (Å²) in [6.07, 6.45) is 4.27. The van der Waals surface area contributed by atoms with Gasteiger partial charge in [0.05, 0.1) is 5.41 Å². The zero-order valence-corrected chi connectivity index (χ0v) is 26.7. The average Bonchev–Trinajstić information content (AvgIpc) is 2.93. The predicted octanol–water partition coefficient (Wildman–Crippen LogP) is 6.87. The first-order valence-electron chi connectivity index (χ1n) is 12.1. The molecule has 0 aromatic heterocycles. The van der Waals surface area contributed by atoms with Crippen molar-refractivity contribution in [2.45, 2.75) is 23.9 Å². The van der Waals surface area contributed by atoms with E-state index in [-0.39, 0.29) is 61.4 Å². The predicted molar refractivity (Wildman–Crippen MR) is 148 cm³/mol. The van der Waals surface area contributed by atoms with E-state index in [1.54, 1.807) is 24.3 Å². The standard InChI is InChI=1S/C31H26BrF2O4P.2Ag/c32-28-21-24(18-19-27(28)31(33,34)39(36,37)38)22-30(26-16-8-3-9-17-26,29(35)25-14-6-2-7-15-25)20-10-13-23-11-4-1-5-12-23;;/h1-19,21H,20,22H2,(H2,36,37,38);;/q;2*+1/p-2/b13-10+;;. The first-order chi connectivity index (χ1) is 18.5. The van der Waals surface area contributed by atoms with Crippen molar-refractivity contribution in [2.24, 2.45) is 0 Å². The van der Waals surface area contributed by atoms with Crippen LogP contribution in [0, 0.1) is 0 Å². The van der Waals surface area contributed by atoms with Gasteiger partial charge in [-0.1, -0.05) is 131 Å². The van der Waals surface area contributed by atoms with E-state index in [0.29, 0.717) is 17.5 Å². The zero-order chi connectivity index (χ0) is 28.1. The normalized spacial score (nSPS) is 13.1. The third kappa shape index (κ3) is 8.21. The fourth-order valence-corrected chi connectivity index (χ4v) is 5.91. The van der Waals surface area contributed by atoms with Gasteiger partial charge >= 0.3 is 44.8 Å². The summed E-state index contributed by atoms with van der Waals surface area (Å²) in [4.78, 5) is 36.7. The van der Waals surface area contributed by atoms with E-state index >= 15 is 0 Å². The molecule has 4 nitrogen and oxygen atoms in total. The molecule has 0 aliphatic rings. The number of carbonyl (C=O) groups excluding carboxylic acids is 1. The molecule has 10 heteroatoms. The van der Waals surface area contributed by atoms with Crippen molar-refractivity contribution in [1.82, 2.24) is 0 Å². The topological polar surface area (TPSA) is 80.3 Å². The molecule has 0 fully saturated rings. The number of benzene rings is 4. The van der Waals surface area contributed by atoms with Gasteiger partial charge in [0.2, 0.25) is 0 Å². The quantitative estimate of drug-likeness (QED) is 0.0994. The Kier molecular flexibility index (Phi) is 13.1. The minimum absolute atomic E-state index is 0. The van der Waals surface area contributed by atoms with Gasteiger partial charge in [0.1, 0.15) is 0 Å². The van der Waals surface area contributed by atoms with E-state index in [4.69, 9.17) is 0 Å². The van der Waals surface area contributed by atoms with Crippen LogP contribution in [0.25, 0.3) is 6.08 Å². The molecule has 1 unspecified atom stereocenters. The molecule has 220 valence electrons. The van der Waals surface area contributed by atoms with E-state index in [1.165, 1.54) is 12.1 Å². The van der Waals surface area contributed by atoms with E-state index in [0.717, 1.165) is 17.2 Å². The van der Waals surface area contributed by atoms with Crippen molar-refractivity contribution < 1.29 is 72.7 Å². The Morgan fingerprint density at radius 1 is 0.829 bits per heavy atom. The van der Waals surface area contributed by atoms with E-state index in [2.05, 4.69) is 15.9 Å². The molecule has 0 heterocycles. The van der Waals surface area contributed by atoms with Gasteiger partial charge in [-0.25, -0.2) is 0 Å². The van der Waals surface area contributed by atoms with Crippen LogP contribution in [0.4, 0.5) is 8.78 Å². The molecule has 0 amide bonds. The third-order valence-corrected chi connectivity index (χ3v) is 8.17. The molecule has 41 heavy (non-hydrogen) atoms. The molecule has 4 rings (SSSR count). The summed E-state index contributed by atoms with van der Waals surface area (Å²) in [7, 11) is -6.25. The van der Waals surface area contributed by atoms with Gasteiger partial charge in [0, 0.05) is 23.2 Å². The van der Waals surface area contributed by atoms with Crippen LogP contribution >= 0.6 is 23.5 Å². The zero-order valence-electron chi connectivity index (χ0n) is 21.3. The molecule has 0 N–H and O–H groups in total. The molecule has 0 aliphatic heterocycles. The molecule has 1 atom stereocenters. The van der Waals surface area contributed by atoms with Gasteiger partial charge in [-0.3, -0.25) is 4.79 Å². The summed E-state index contributed by atoms with van der Waals surface area (Å²) in [6, 6.07) is 31.3. The fourth-order valence-electron chi connectivity index (χ4n) is 4.59. The molecule has 0 aliphatic carbocycles. The van der Waals surface area contributed by atoms with Crippen LogP contribution in [0.5, 0.6) is 0 Å². The van der Waals surface area contributed by atoms with Crippen molar-refractivity contribution in [2.75, 3.05) is 0 Å². The average molecular weight is 825 g/mol. The van der Waals surface area contributed by atoms with Gasteiger partial charge < -0.3 is 14.4 Å². The van der Waals surface area contributed by atoms with Gasteiger partial charge in [-0.15, -0.1) is 0 Å². The summed E-state index contributed by atoms with van der Waals surface area (Å²) < 4.78 is 39.7. The molecule has 4 aromatic rings. The maximum absolute atomic E-state index is 14.4.